The van der Waals surface area contributed by atoms with Crippen molar-refractivity contribution in [2.24, 2.45) is 0 Å². The fraction of sp³-hybridized carbons (Fsp3) is 0.100. The Morgan fingerprint density at radius 1 is 1.38 bits per heavy atom. The number of hydrogen-bond acceptors (Lipinski definition) is 3. The number of H-pyrrole nitrogens is 1. The second-order valence-corrected chi connectivity index (χ2v) is 3.53. The molecular formula is C10H9ClN4O. The Balaban J connectivity index is 1.95. The normalized spacial score (nSPS) is 10.1. The molecule has 2 rings (SSSR count). The van der Waals surface area contributed by atoms with E-state index in [-0.39, 0.29) is 16.8 Å². The Labute approximate surface area is 96.8 Å². The number of hydrogen-bond donors (Lipinski definition) is 2. The summed E-state index contributed by atoms with van der Waals surface area (Å²) in [7, 11) is 0. The third kappa shape index (κ3) is 2.58. The summed E-state index contributed by atoms with van der Waals surface area (Å²) in [5, 5.41) is 10.3. The molecule has 82 valence electrons. The lowest BCUT2D eigenvalue weighted by atomic mass is 10.3. The molecule has 16 heavy (non-hydrogen) atoms. The lowest BCUT2D eigenvalue weighted by molar-refractivity contribution is 0.0945. The summed E-state index contributed by atoms with van der Waals surface area (Å²) < 4.78 is 0. The first-order chi connectivity index (χ1) is 7.75. The molecule has 0 unspecified atom stereocenters. The Hall–Kier alpha value is -1.88. The number of aromatic amines is 1. The van der Waals surface area contributed by atoms with Crippen LogP contribution in [-0.2, 0) is 6.54 Å². The highest BCUT2D eigenvalue weighted by atomic mass is 35.5. The van der Waals surface area contributed by atoms with Gasteiger partial charge in [0.15, 0.2) is 10.8 Å². The maximum atomic E-state index is 11.6. The summed E-state index contributed by atoms with van der Waals surface area (Å²) in [6, 6.07) is 4.94. The molecule has 0 atom stereocenters. The molecule has 0 saturated heterocycles. The van der Waals surface area contributed by atoms with Gasteiger partial charge in [-0.1, -0.05) is 11.6 Å². The summed E-state index contributed by atoms with van der Waals surface area (Å²) in [6.07, 6.45) is 3.61. The molecule has 2 aromatic heterocycles. The van der Waals surface area contributed by atoms with E-state index in [4.69, 9.17) is 11.6 Å². The monoisotopic (exact) mass is 236 g/mol. The van der Waals surface area contributed by atoms with Crippen LogP contribution >= 0.6 is 11.6 Å². The van der Waals surface area contributed by atoms with E-state index in [1.807, 2.05) is 12.3 Å². The molecule has 0 spiro atoms. The van der Waals surface area contributed by atoms with E-state index in [2.05, 4.69) is 20.5 Å². The van der Waals surface area contributed by atoms with Crippen molar-refractivity contribution in [3.05, 3.63) is 47.0 Å². The maximum Gasteiger partial charge on any atom is 0.272 e. The fourth-order valence-electron chi connectivity index (χ4n) is 1.18. The molecule has 0 aromatic carbocycles. The number of amides is 1. The first kappa shape index (κ1) is 10.6. The first-order valence-corrected chi connectivity index (χ1v) is 5.02. The zero-order valence-electron chi connectivity index (χ0n) is 8.27. The van der Waals surface area contributed by atoms with E-state index in [9.17, 15) is 4.79 Å². The summed E-state index contributed by atoms with van der Waals surface area (Å²) in [5.41, 5.74) is 1.25. The molecule has 2 heterocycles. The summed E-state index contributed by atoms with van der Waals surface area (Å²) in [6.45, 7) is 0.451. The number of aromatic nitrogens is 3. The van der Waals surface area contributed by atoms with Crippen LogP contribution in [0.15, 0.2) is 30.6 Å². The van der Waals surface area contributed by atoms with Gasteiger partial charge in [-0.25, -0.2) is 0 Å². The van der Waals surface area contributed by atoms with Crippen molar-refractivity contribution in [3.8, 4) is 0 Å². The van der Waals surface area contributed by atoms with E-state index in [0.717, 1.165) is 5.56 Å². The Morgan fingerprint density at radius 2 is 2.25 bits per heavy atom. The molecular weight excluding hydrogens is 228 g/mol. The third-order valence-corrected chi connectivity index (χ3v) is 2.18. The molecule has 0 bridgehead atoms. The molecule has 2 aromatic rings. The van der Waals surface area contributed by atoms with Gasteiger partial charge in [-0.3, -0.25) is 4.79 Å². The van der Waals surface area contributed by atoms with Crippen LogP contribution in [0.2, 0.25) is 5.15 Å². The number of halogens is 1. The van der Waals surface area contributed by atoms with Gasteiger partial charge in [0, 0.05) is 18.9 Å². The van der Waals surface area contributed by atoms with Gasteiger partial charge in [-0.15, -0.1) is 10.2 Å². The predicted molar refractivity (Wildman–Crippen MR) is 59.0 cm³/mol. The van der Waals surface area contributed by atoms with Gasteiger partial charge in [-0.05, 0) is 23.8 Å². The molecule has 0 aliphatic heterocycles. The molecule has 0 radical (unpaired) electrons. The van der Waals surface area contributed by atoms with Gasteiger partial charge in [0.1, 0.15) is 0 Å². The Morgan fingerprint density at radius 3 is 2.88 bits per heavy atom. The van der Waals surface area contributed by atoms with Crippen LogP contribution < -0.4 is 5.32 Å². The van der Waals surface area contributed by atoms with E-state index in [1.54, 1.807) is 6.20 Å². The van der Waals surface area contributed by atoms with Crippen molar-refractivity contribution in [1.82, 2.24) is 20.5 Å². The van der Waals surface area contributed by atoms with Gasteiger partial charge in [0.05, 0.1) is 0 Å². The molecule has 0 saturated carbocycles. The lowest BCUT2D eigenvalue weighted by Gasteiger charge is -2.01. The van der Waals surface area contributed by atoms with Gasteiger partial charge in [0.2, 0.25) is 0 Å². The van der Waals surface area contributed by atoms with Crippen LogP contribution in [0.5, 0.6) is 0 Å². The van der Waals surface area contributed by atoms with Gasteiger partial charge in [0.25, 0.3) is 5.91 Å². The minimum absolute atomic E-state index is 0.250. The van der Waals surface area contributed by atoms with Crippen LogP contribution in [0.4, 0.5) is 0 Å². The van der Waals surface area contributed by atoms with Crippen LogP contribution in [0.3, 0.4) is 0 Å². The standard InChI is InChI=1S/C10H9ClN4O/c11-9-2-1-8(14-15-9)10(16)13-6-7-3-4-12-5-7/h1-5,12H,6H2,(H,13,16). The highest BCUT2D eigenvalue weighted by Crippen LogP contribution is 2.02. The molecule has 1 amide bonds. The summed E-state index contributed by atoms with van der Waals surface area (Å²) in [4.78, 5) is 14.5. The maximum absolute atomic E-state index is 11.6. The molecule has 0 fully saturated rings. The Bertz CT molecular complexity index is 466. The number of carbonyl (C=O) groups is 1. The zero-order valence-corrected chi connectivity index (χ0v) is 9.03. The largest absolute Gasteiger partial charge is 0.367 e. The highest BCUT2D eigenvalue weighted by Gasteiger charge is 2.07. The number of nitrogens with zero attached hydrogens (tertiary/aromatic N) is 2. The van der Waals surface area contributed by atoms with Crippen molar-refractivity contribution < 1.29 is 4.79 Å². The number of nitrogens with one attached hydrogen (secondary N) is 2. The topological polar surface area (TPSA) is 70.7 Å². The SMILES string of the molecule is O=C(NCc1cc[nH]c1)c1ccc(Cl)nn1. The van der Waals surface area contributed by atoms with E-state index in [1.165, 1.54) is 12.1 Å². The Kier molecular flexibility index (Phi) is 3.16. The van der Waals surface area contributed by atoms with Crippen LogP contribution in [-0.4, -0.2) is 21.1 Å². The minimum Gasteiger partial charge on any atom is -0.367 e. The van der Waals surface area contributed by atoms with Crippen molar-refractivity contribution in [1.29, 1.82) is 0 Å². The quantitative estimate of drug-likeness (QED) is 0.846. The number of carbonyl (C=O) groups excluding carboxylic acids is 1. The van der Waals surface area contributed by atoms with Crippen molar-refractivity contribution >= 4 is 17.5 Å². The molecule has 0 aliphatic rings. The first-order valence-electron chi connectivity index (χ1n) is 4.65. The molecule has 5 nitrogen and oxygen atoms in total. The lowest BCUT2D eigenvalue weighted by Crippen LogP contribution is -2.23. The predicted octanol–water partition coefficient (Wildman–Crippen LogP) is 1.39. The molecule has 6 heteroatoms. The second-order valence-electron chi connectivity index (χ2n) is 3.14. The van der Waals surface area contributed by atoms with Crippen LogP contribution in [0.25, 0.3) is 0 Å². The van der Waals surface area contributed by atoms with Gasteiger partial charge >= 0.3 is 0 Å². The smallest absolute Gasteiger partial charge is 0.272 e. The van der Waals surface area contributed by atoms with Gasteiger partial charge in [-0.2, -0.15) is 0 Å². The molecule has 0 aliphatic carbocycles. The second kappa shape index (κ2) is 4.76. The average Bonchev–Trinajstić information content (AvgIpc) is 2.80. The zero-order chi connectivity index (χ0) is 11.4. The third-order valence-electron chi connectivity index (χ3n) is 1.98. The average molecular weight is 237 g/mol. The van der Waals surface area contributed by atoms with Crippen LogP contribution in [0.1, 0.15) is 16.1 Å². The van der Waals surface area contributed by atoms with E-state index >= 15 is 0 Å². The minimum atomic E-state index is -0.273. The van der Waals surface area contributed by atoms with E-state index < -0.39 is 0 Å². The fourth-order valence-corrected chi connectivity index (χ4v) is 1.28. The highest BCUT2D eigenvalue weighted by molar-refractivity contribution is 6.29. The summed E-state index contributed by atoms with van der Waals surface area (Å²) >= 11 is 5.57. The van der Waals surface area contributed by atoms with Crippen molar-refractivity contribution in [2.75, 3.05) is 0 Å². The van der Waals surface area contributed by atoms with Gasteiger partial charge < -0.3 is 10.3 Å². The van der Waals surface area contributed by atoms with Crippen molar-refractivity contribution in [2.45, 2.75) is 6.54 Å². The van der Waals surface area contributed by atoms with Crippen LogP contribution in [0, 0.1) is 0 Å². The molecule has 2 N–H and O–H groups in total. The number of rotatable bonds is 3. The van der Waals surface area contributed by atoms with E-state index in [0.29, 0.717) is 6.54 Å². The summed E-state index contributed by atoms with van der Waals surface area (Å²) in [5.74, 6) is -0.273. The van der Waals surface area contributed by atoms with Crippen molar-refractivity contribution in [3.63, 3.8) is 0 Å².